The van der Waals surface area contributed by atoms with Gasteiger partial charge in [-0.2, -0.15) is 11.8 Å². The Morgan fingerprint density at radius 2 is 2.29 bits per heavy atom. The minimum Gasteiger partial charge on any atom is -0.313 e. The van der Waals surface area contributed by atoms with Gasteiger partial charge in [0.2, 0.25) is 0 Å². The lowest BCUT2D eigenvalue weighted by molar-refractivity contribution is 0.540. The predicted octanol–water partition coefficient (Wildman–Crippen LogP) is 1.76. The molecule has 2 rings (SSSR count). The number of hydrogen-bond acceptors (Lipinski definition) is 5. The van der Waals surface area contributed by atoms with E-state index in [0.717, 1.165) is 42.9 Å². The highest BCUT2D eigenvalue weighted by Crippen LogP contribution is 2.18. The van der Waals surface area contributed by atoms with E-state index in [1.165, 1.54) is 0 Å². The average molecular weight is 329 g/mol. The number of rotatable bonds is 7. The molecule has 2 N–H and O–H groups in total. The van der Waals surface area contributed by atoms with Gasteiger partial charge < -0.3 is 5.32 Å². The number of thioether (sulfide) groups is 1. The summed E-state index contributed by atoms with van der Waals surface area (Å²) >= 11 is 1.80. The Morgan fingerprint density at radius 1 is 1.43 bits per heavy atom. The van der Waals surface area contributed by atoms with Crippen LogP contribution in [0.15, 0.2) is 23.4 Å². The number of sulfonamides is 1. The van der Waals surface area contributed by atoms with Crippen molar-refractivity contribution < 1.29 is 8.42 Å². The van der Waals surface area contributed by atoms with E-state index in [4.69, 9.17) is 0 Å². The Labute approximate surface area is 131 Å². The van der Waals surface area contributed by atoms with Crippen LogP contribution in [0, 0.1) is 0 Å². The molecule has 1 unspecified atom stereocenters. The second-order valence-electron chi connectivity index (χ2n) is 5.22. The van der Waals surface area contributed by atoms with Crippen LogP contribution in [0.2, 0.25) is 0 Å². The molecule has 0 aromatic carbocycles. The topological polar surface area (TPSA) is 71.1 Å². The normalized spacial score (nSPS) is 19.6. The number of hydrogen-bond donors (Lipinski definition) is 2. The second-order valence-corrected chi connectivity index (χ2v) is 8.03. The van der Waals surface area contributed by atoms with Gasteiger partial charge in [-0.25, -0.2) is 18.1 Å². The van der Waals surface area contributed by atoms with Gasteiger partial charge in [-0.15, -0.1) is 0 Å². The van der Waals surface area contributed by atoms with Crippen molar-refractivity contribution in [2.75, 3.05) is 18.1 Å². The lowest BCUT2D eigenvalue weighted by atomic mass is 10.2. The quantitative estimate of drug-likeness (QED) is 0.746. The molecule has 0 saturated carbocycles. The van der Waals surface area contributed by atoms with Crippen LogP contribution in [-0.2, 0) is 16.6 Å². The lowest BCUT2D eigenvalue weighted by Crippen LogP contribution is -2.38. The van der Waals surface area contributed by atoms with Gasteiger partial charge >= 0.3 is 0 Å². The van der Waals surface area contributed by atoms with Gasteiger partial charge in [0.15, 0.2) is 5.03 Å². The largest absolute Gasteiger partial charge is 0.313 e. The van der Waals surface area contributed by atoms with E-state index in [1.54, 1.807) is 24.0 Å². The summed E-state index contributed by atoms with van der Waals surface area (Å²) in [5.74, 6) is 1.97. The number of aromatic nitrogens is 1. The van der Waals surface area contributed by atoms with E-state index in [0.29, 0.717) is 6.54 Å². The fourth-order valence-corrected chi connectivity index (χ4v) is 4.57. The smallest absolute Gasteiger partial charge is 0.258 e. The first-order valence-electron chi connectivity index (χ1n) is 7.37. The van der Waals surface area contributed by atoms with E-state index in [2.05, 4.69) is 21.9 Å². The molecule has 1 atom stereocenters. The van der Waals surface area contributed by atoms with Crippen LogP contribution in [-0.4, -0.2) is 37.5 Å². The number of pyridine rings is 1. The lowest BCUT2D eigenvalue weighted by Gasteiger charge is -2.22. The van der Waals surface area contributed by atoms with Crippen LogP contribution in [0.1, 0.15) is 31.7 Å². The molecule has 5 nitrogen and oxygen atoms in total. The first-order chi connectivity index (χ1) is 10.1. The molecule has 2 heterocycles. The average Bonchev–Trinajstić information content (AvgIpc) is 2.49. The van der Waals surface area contributed by atoms with Crippen molar-refractivity contribution >= 4 is 21.8 Å². The van der Waals surface area contributed by atoms with E-state index in [-0.39, 0.29) is 11.1 Å². The summed E-state index contributed by atoms with van der Waals surface area (Å²) in [6.07, 6.45) is 4.68. The monoisotopic (exact) mass is 329 g/mol. The molecule has 7 heteroatoms. The Hall–Kier alpha value is -0.630. The molecule has 118 valence electrons. The van der Waals surface area contributed by atoms with Gasteiger partial charge in [-0.1, -0.05) is 13.0 Å². The van der Waals surface area contributed by atoms with E-state index in [9.17, 15) is 8.42 Å². The van der Waals surface area contributed by atoms with Crippen LogP contribution in [0.4, 0.5) is 0 Å². The van der Waals surface area contributed by atoms with Gasteiger partial charge in [0.25, 0.3) is 10.0 Å². The van der Waals surface area contributed by atoms with Crippen LogP contribution < -0.4 is 10.0 Å². The third-order valence-corrected chi connectivity index (χ3v) is 5.96. The van der Waals surface area contributed by atoms with Gasteiger partial charge in [0.05, 0.1) is 0 Å². The summed E-state index contributed by atoms with van der Waals surface area (Å²) in [6, 6.07) is 3.43. The van der Waals surface area contributed by atoms with Crippen molar-refractivity contribution in [2.45, 2.75) is 43.8 Å². The summed E-state index contributed by atoms with van der Waals surface area (Å²) in [6.45, 7) is 3.77. The molecule has 0 amide bonds. The Kier molecular flexibility index (Phi) is 6.47. The van der Waals surface area contributed by atoms with Gasteiger partial charge in [0, 0.05) is 24.5 Å². The maximum absolute atomic E-state index is 12.3. The standard InChI is InChI=1S/C14H23N3O2S2/c1-2-7-15-9-12-5-6-14(16-10-12)21(18,19)17-13-4-3-8-20-11-13/h5-6,10,13,15,17H,2-4,7-9,11H2,1H3. The van der Waals surface area contributed by atoms with Crippen molar-refractivity contribution in [1.82, 2.24) is 15.0 Å². The van der Waals surface area contributed by atoms with Crippen molar-refractivity contribution in [3.8, 4) is 0 Å². The zero-order chi connectivity index (χ0) is 15.1. The fraction of sp³-hybridized carbons (Fsp3) is 0.643. The maximum atomic E-state index is 12.3. The highest BCUT2D eigenvalue weighted by Gasteiger charge is 2.22. The fourth-order valence-electron chi connectivity index (χ4n) is 2.20. The SMILES string of the molecule is CCCNCc1ccc(S(=O)(=O)NC2CCCSC2)nc1. The third-order valence-electron chi connectivity index (χ3n) is 3.31. The molecular weight excluding hydrogens is 306 g/mol. The summed E-state index contributed by atoms with van der Waals surface area (Å²) in [7, 11) is -3.50. The zero-order valence-electron chi connectivity index (χ0n) is 12.3. The van der Waals surface area contributed by atoms with Crippen LogP contribution in [0.25, 0.3) is 0 Å². The maximum Gasteiger partial charge on any atom is 0.258 e. The molecule has 0 aliphatic carbocycles. The first kappa shape index (κ1) is 16.7. The molecule has 21 heavy (non-hydrogen) atoms. The van der Waals surface area contributed by atoms with Crippen LogP contribution in [0.3, 0.4) is 0 Å². The van der Waals surface area contributed by atoms with E-state index in [1.807, 2.05) is 6.07 Å². The molecule has 0 bridgehead atoms. The summed E-state index contributed by atoms with van der Waals surface area (Å²) in [5.41, 5.74) is 0.996. The van der Waals surface area contributed by atoms with Crippen molar-refractivity contribution in [3.05, 3.63) is 23.9 Å². The number of nitrogens with zero attached hydrogens (tertiary/aromatic N) is 1. The summed E-state index contributed by atoms with van der Waals surface area (Å²) in [5, 5.41) is 3.38. The molecular formula is C14H23N3O2S2. The van der Waals surface area contributed by atoms with Gasteiger partial charge in [-0.05, 0) is 43.2 Å². The van der Waals surface area contributed by atoms with E-state index < -0.39 is 10.0 Å². The van der Waals surface area contributed by atoms with Gasteiger partial charge in [-0.3, -0.25) is 0 Å². The van der Waals surface area contributed by atoms with Crippen molar-refractivity contribution in [2.24, 2.45) is 0 Å². The third kappa shape index (κ3) is 5.25. The molecule has 0 radical (unpaired) electrons. The second kappa shape index (κ2) is 8.12. The first-order valence-corrected chi connectivity index (χ1v) is 10.0. The highest BCUT2D eigenvalue weighted by atomic mass is 32.2. The van der Waals surface area contributed by atoms with Crippen molar-refractivity contribution in [1.29, 1.82) is 0 Å². The van der Waals surface area contributed by atoms with Crippen LogP contribution in [0.5, 0.6) is 0 Å². The predicted molar refractivity (Wildman–Crippen MR) is 86.9 cm³/mol. The Bertz CT molecular complexity index is 526. The minimum absolute atomic E-state index is 0.0291. The molecule has 1 aromatic heterocycles. The molecule has 1 fully saturated rings. The number of nitrogens with one attached hydrogen (secondary N) is 2. The zero-order valence-corrected chi connectivity index (χ0v) is 14.0. The van der Waals surface area contributed by atoms with E-state index >= 15 is 0 Å². The highest BCUT2D eigenvalue weighted by molar-refractivity contribution is 7.99. The molecule has 0 spiro atoms. The molecule has 1 aliphatic heterocycles. The Balaban J connectivity index is 1.95. The minimum atomic E-state index is -3.50. The Morgan fingerprint density at radius 3 is 2.90 bits per heavy atom. The summed E-state index contributed by atoms with van der Waals surface area (Å²) in [4.78, 5) is 4.10. The van der Waals surface area contributed by atoms with Gasteiger partial charge in [0.1, 0.15) is 0 Å². The van der Waals surface area contributed by atoms with Crippen LogP contribution >= 0.6 is 11.8 Å². The summed E-state index contributed by atoms with van der Waals surface area (Å²) < 4.78 is 27.3. The van der Waals surface area contributed by atoms with Crippen molar-refractivity contribution in [3.63, 3.8) is 0 Å². The molecule has 1 aliphatic rings. The molecule has 1 saturated heterocycles. The molecule has 1 aromatic rings.